The summed E-state index contributed by atoms with van der Waals surface area (Å²) >= 11 is 0. The summed E-state index contributed by atoms with van der Waals surface area (Å²) in [6.45, 7) is 9.61. The molecule has 246 valence electrons. The van der Waals surface area contributed by atoms with Crippen molar-refractivity contribution in [3.63, 3.8) is 0 Å². The molecule has 0 spiro atoms. The van der Waals surface area contributed by atoms with E-state index in [1.165, 1.54) is 9.96 Å². The Morgan fingerprint density at radius 1 is 1.05 bits per heavy atom. The van der Waals surface area contributed by atoms with Gasteiger partial charge in [-0.05, 0) is 48.4 Å². The van der Waals surface area contributed by atoms with E-state index in [1.54, 1.807) is 26.2 Å². The fourth-order valence-corrected chi connectivity index (χ4v) is 5.99. The summed E-state index contributed by atoms with van der Waals surface area (Å²) < 4.78 is 6.17. The van der Waals surface area contributed by atoms with Crippen LogP contribution in [0, 0.1) is 17.3 Å². The fourth-order valence-electron chi connectivity index (χ4n) is 5.99. The van der Waals surface area contributed by atoms with Crippen molar-refractivity contribution in [2.45, 2.75) is 97.6 Å². The molecule has 44 heavy (non-hydrogen) atoms. The summed E-state index contributed by atoms with van der Waals surface area (Å²) in [7, 11) is 3.44. The molecule has 2 aliphatic rings. The van der Waals surface area contributed by atoms with Crippen LogP contribution in [0.2, 0.25) is 0 Å². The highest BCUT2D eigenvalue weighted by Crippen LogP contribution is 2.32. The summed E-state index contributed by atoms with van der Waals surface area (Å²) in [5.41, 5.74) is 0.0949. The number of carbonyl (C=O) groups is 4. The number of rotatable bonds is 15. The van der Waals surface area contributed by atoms with Crippen LogP contribution in [0.5, 0.6) is 5.75 Å². The van der Waals surface area contributed by atoms with Gasteiger partial charge in [0.25, 0.3) is 5.91 Å². The fraction of sp³-hybridized carbons (Fsp3) is 0.706. The van der Waals surface area contributed by atoms with Crippen LogP contribution in [0.1, 0.15) is 95.8 Å². The molecule has 0 aromatic heterocycles. The molecule has 1 aromatic carbocycles. The highest BCUT2D eigenvalue weighted by Gasteiger charge is 2.39. The first-order chi connectivity index (χ1) is 20.9. The Morgan fingerprint density at radius 3 is 2.23 bits per heavy atom. The molecule has 2 atom stereocenters. The second-order valence-corrected chi connectivity index (χ2v) is 13.6. The van der Waals surface area contributed by atoms with E-state index in [0.717, 1.165) is 38.5 Å². The lowest BCUT2D eigenvalue weighted by Crippen LogP contribution is -2.58. The van der Waals surface area contributed by atoms with E-state index in [1.807, 2.05) is 37.8 Å². The van der Waals surface area contributed by atoms with Gasteiger partial charge in [0.2, 0.25) is 18.2 Å². The molecular weight excluding hydrogens is 560 g/mol. The van der Waals surface area contributed by atoms with Crippen molar-refractivity contribution in [2.24, 2.45) is 17.3 Å². The number of nitrogens with zero attached hydrogens (tertiary/aromatic N) is 3. The maximum Gasteiger partial charge on any atom is 0.253 e. The lowest BCUT2D eigenvalue weighted by Gasteiger charge is -2.39. The number of ether oxygens (including phenoxy) is 1. The second-order valence-electron chi connectivity index (χ2n) is 13.6. The summed E-state index contributed by atoms with van der Waals surface area (Å²) in [6.07, 6.45) is 8.88. The van der Waals surface area contributed by atoms with Gasteiger partial charge in [0.15, 0.2) is 0 Å². The Kier molecular flexibility index (Phi) is 13.5. The summed E-state index contributed by atoms with van der Waals surface area (Å²) in [5.74, 6) is 0.312. The van der Waals surface area contributed by atoms with E-state index in [9.17, 15) is 19.2 Å². The molecule has 1 aliphatic heterocycles. The maximum absolute atomic E-state index is 13.9. The van der Waals surface area contributed by atoms with Crippen LogP contribution in [0.15, 0.2) is 24.3 Å². The highest BCUT2D eigenvalue weighted by molar-refractivity contribution is 5.94. The topological polar surface area (TPSA) is 108 Å². The Hall–Kier alpha value is -3.14. The van der Waals surface area contributed by atoms with E-state index in [0.29, 0.717) is 62.6 Å². The van der Waals surface area contributed by atoms with Gasteiger partial charge < -0.3 is 19.9 Å². The Balaban J connectivity index is 1.62. The third-order valence-electron chi connectivity index (χ3n) is 8.70. The molecule has 10 heteroatoms. The quantitative estimate of drug-likeness (QED) is 0.175. The zero-order valence-electron chi connectivity index (χ0n) is 27.7. The normalized spacial score (nSPS) is 17.5. The monoisotopic (exact) mass is 614 g/mol. The molecule has 0 radical (unpaired) electrons. The van der Waals surface area contributed by atoms with E-state index in [2.05, 4.69) is 12.2 Å². The van der Waals surface area contributed by atoms with Gasteiger partial charge >= 0.3 is 0 Å². The summed E-state index contributed by atoms with van der Waals surface area (Å²) in [5, 5.41) is 4.36. The molecule has 10 nitrogen and oxygen atoms in total. The SMILES string of the molecule is CCCCON(C=O)C[C@@H](CC1CCCC1)C(=O)NC(C(=O)N1CCC(Oc2ccc(C(=O)N(C)C)cc2)CC1)C(C)(C)C. The minimum atomic E-state index is -0.703. The molecule has 2 fully saturated rings. The number of carbonyl (C=O) groups excluding carboxylic acids is 4. The number of hydrogen-bond acceptors (Lipinski definition) is 6. The zero-order valence-corrected chi connectivity index (χ0v) is 27.7. The van der Waals surface area contributed by atoms with Crippen LogP contribution in [0.25, 0.3) is 0 Å². The first kappa shape index (κ1) is 35.3. The summed E-state index contributed by atoms with van der Waals surface area (Å²) in [4.78, 5) is 60.6. The Labute approximate surface area is 263 Å². The Bertz CT molecular complexity index is 1070. The molecular formula is C34H54N4O6. The molecule has 4 amide bonds. The molecule has 1 saturated heterocycles. The van der Waals surface area contributed by atoms with Crippen LogP contribution in [-0.2, 0) is 19.2 Å². The third-order valence-corrected chi connectivity index (χ3v) is 8.70. The number of nitrogens with one attached hydrogen (secondary N) is 1. The van der Waals surface area contributed by atoms with Crippen LogP contribution in [0.4, 0.5) is 0 Å². The van der Waals surface area contributed by atoms with Gasteiger partial charge in [0, 0.05) is 45.6 Å². The number of hydrogen-bond donors (Lipinski definition) is 1. The molecule has 1 N–H and O–H groups in total. The molecule has 1 heterocycles. The molecule has 3 rings (SSSR count). The van der Waals surface area contributed by atoms with Gasteiger partial charge in [0.05, 0.1) is 19.1 Å². The van der Waals surface area contributed by atoms with Gasteiger partial charge in [0.1, 0.15) is 17.9 Å². The lowest BCUT2D eigenvalue weighted by atomic mass is 9.84. The number of piperidine rings is 1. The largest absolute Gasteiger partial charge is 0.490 e. The summed E-state index contributed by atoms with van der Waals surface area (Å²) in [6, 6.07) is 6.44. The van der Waals surface area contributed by atoms with Gasteiger partial charge in [-0.15, -0.1) is 0 Å². The van der Waals surface area contributed by atoms with Crippen LogP contribution >= 0.6 is 0 Å². The van der Waals surface area contributed by atoms with Gasteiger partial charge in [-0.2, -0.15) is 0 Å². The first-order valence-electron chi connectivity index (χ1n) is 16.3. The third kappa shape index (κ3) is 10.5. The number of benzene rings is 1. The number of likely N-dealkylation sites (tertiary alicyclic amines) is 1. The van der Waals surface area contributed by atoms with E-state index in [4.69, 9.17) is 9.57 Å². The molecule has 0 bridgehead atoms. The van der Waals surface area contributed by atoms with Crippen LogP contribution < -0.4 is 10.1 Å². The maximum atomic E-state index is 13.9. The van der Waals surface area contributed by atoms with Crippen LogP contribution in [0.3, 0.4) is 0 Å². The van der Waals surface area contributed by atoms with Crippen molar-refractivity contribution < 1.29 is 28.8 Å². The van der Waals surface area contributed by atoms with E-state index in [-0.39, 0.29) is 30.4 Å². The highest BCUT2D eigenvalue weighted by atomic mass is 16.7. The van der Waals surface area contributed by atoms with Crippen molar-refractivity contribution in [1.29, 1.82) is 0 Å². The first-order valence-corrected chi connectivity index (χ1v) is 16.3. The minimum Gasteiger partial charge on any atom is -0.490 e. The van der Waals surface area contributed by atoms with Gasteiger partial charge in [-0.1, -0.05) is 59.8 Å². The Morgan fingerprint density at radius 2 is 1.68 bits per heavy atom. The molecule has 1 aromatic rings. The van der Waals surface area contributed by atoms with Crippen molar-refractivity contribution in [3.8, 4) is 5.75 Å². The average Bonchev–Trinajstić information content (AvgIpc) is 3.51. The van der Waals surface area contributed by atoms with Gasteiger partial charge in [-0.3, -0.25) is 24.0 Å². The van der Waals surface area contributed by atoms with Crippen molar-refractivity contribution >= 4 is 24.1 Å². The molecule has 1 aliphatic carbocycles. The van der Waals surface area contributed by atoms with Crippen LogP contribution in [-0.4, -0.2) is 91.5 Å². The zero-order chi connectivity index (χ0) is 32.3. The predicted octanol–water partition coefficient (Wildman–Crippen LogP) is 4.68. The molecule has 1 saturated carbocycles. The van der Waals surface area contributed by atoms with Gasteiger partial charge in [-0.25, -0.2) is 5.06 Å². The smallest absolute Gasteiger partial charge is 0.253 e. The lowest BCUT2D eigenvalue weighted by molar-refractivity contribution is -0.178. The van der Waals surface area contributed by atoms with Crippen molar-refractivity contribution in [1.82, 2.24) is 20.2 Å². The molecule has 1 unspecified atom stereocenters. The number of unbranched alkanes of at least 4 members (excludes halogenated alkanes) is 1. The average molecular weight is 615 g/mol. The van der Waals surface area contributed by atoms with Crippen molar-refractivity contribution in [3.05, 3.63) is 29.8 Å². The second kappa shape index (κ2) is 16.8. The van der Waals surface area contributed by atoms with Crippen molar-refractivity contribution in [2.75, 3.05) is 40.3 Å². The number of amides is 4. The van der Waals surface area contributed by atoms with E-state index < -0.39 is 17.4 Å². The standard InChI is InChI=1S/C34H54N4O6/c1-7-8-21-43-38(24-39)23-27(22-25-11-9-10-12-25)31(40)35-30(34(2,3)4)33(42)37-19-17-29(18-20-37)44-28-15-13-26(14-16-28)32(41)36(5)6/h13-16,24-25,27,29-30H,7-12,17-23H2,1-6H3,(H,35,40)/t27-,30?/m1/s1. The number of hydroxylamine groups is 2. The van der Waals surface area contributed by atoms with E-state index >= 15 is 0 Å². The minimum absolute atomic E-state index is 0.0463. The predicted molar refractivity (Wildman–Crippen MR) is 170 cm³/mol.